The molecule has 8 heteroatoms. The molecule has 0 fully saturated rings. The minimum atomic E-state index is -0.330. The maximum Gasteiger partial charge on any atom is 0.307 e. The lowest BCUT2D eigenvalue weighted by Crippen LogP contribution is -2.26. The summed E-state index contributed by atoms with van der Waals surface area (Å²) >= 11 is 1.69. The number of hydrogen-bond donors (Lipinski definition) is 2. The molecule has 0 spiro atoms. The molecule has 1 atom stereocenters. The van der Waals surface area contributed by atoms with Crippen molar-refractivity contribution in [2.75, 3.05) is 18.5 Å². The van der Waals surface area contributed by atoms with Crippen LogP contribution in [0.4, 0.5) is 5.82 Å². The number of hydrogen-bond acceptors (Lipinski definition) is 7. The largest absolute Gasteiger partial charge is 0.466 e. The molecule has 0 bridgehead atoms. The van der Waals surface area contributed by atoms with Gasteiger partial charge in [-0.05, 0) is 42.7 Å². The minimum Gasteiger partial charge on any atom is -0.466 e. The molecule has 0 aliphatic rings. The van der Waals surface area contributed by atoms with Gasteiger partial charge in [0, 0.05) is 18.3 Å². The van der Waals surface area contributed by atoms with Crippen LogP contribution >= 0.6 is 11.3 Å². The first kappa shape index (κ1) is 25.3. The van der Waals surface area contributed by atoms with Crippen molar-refractivity contribution in [2.45, 2.75) is 33.2 Å². The Morgan fingerprint density at radius 3 is 2.47 bits per heavy atom. The zero-order valence-corrected chi connectivity index (χ0v) is 21.5. The van der Waals surface area contributed by atoms with E-state index in [4.69, 9.17) is 9.72 Å². The Hall–Kier alpha value is -3.78. The number of amides is 1. The summed E-state index contributed by atoms with van der Waals surface area (Å²) in [5, 5.41) is 7.22. The number of nitrogens with zero attached hydrogens (tertiary/aromatic N) is 2. The van der Waals surface area contributed by atoms with E-state index in [-0.39, 0.29) is 30.9 Å². The average molecular weight is 503 g/mol. The number of benzene rings is 2. The summed E-state index contributed by atoms with van der Waals surface area (Å²) in [7, 11) is 0. The Bertz CT molecular complexity index is 1280. The van der Waals surface area contributed by atoms with Crippen molar-refractivity contribution >= 4 is 39.2 Å². The quantitative estimate of drug-likeness (QED) is 0.264. The number of aromatic nitrogens is 2. The molecule has 4 aromatic rings. The monoisotopic (exact) mass is 502 g/mol. The fourth-order valence-corrected chi connectivity index (χ4v) is 4.82. The predicted molar refractivity (Wildman–Crippen MR) is 144 cm³/mol. The summed E-state index contributed by atoms with van der Waals surface area (Å²) < 4.78 is 6.05. The number of anilines is 1. The molecule has 2 aromatic carbocycles. The fraction of sp³-hybridized carbons (Fsp3) is 0.286. The maximum absolute atomic E-state index is 12.3. The van der Waals surface area contributed by atoms with Crippen molar-refractivity contribution < 1.29 is 14.3 Å². The molecule has 0 aliphatic carbocycles. The third-order valence-electron chi connectivity index (χ3n) is 5.73. The van der Waals surface area contributed by atoms with Gasteiger partial charge < -0.3 is 15.4 Å². The second-order valence-electron chi connectivity index (χ2n) is 8.72. The topological polar surface area (TPSA) is 93.2 Å². The van der Waals surface area contributed by atoms with Crippen molar-refractivity contribution in [3.63, 3.8) is 0 Å². The van der Waals surface area contributed by atoms with E-state index in [1.165, 1.54) is 10.9 Å². The molecule has 4 rings (SSSR count). The van der Waals surface area contributed by atoms with Crippen molar-refractivity contribution in [3.8, 4) is 10.6 Å². The molecular weight excluding hydrogens is 472 g/mol. The smallest absolute Gasteiger partial charge is 0.307 e. The number of pyridine rings is 1. The number of nitrogens with one attached hydrogen (secondary N) is 2. The third-order valence-corrected chi connectivity index (χ3v) is 6.81. The van der Waals surface area contributed by atoms with Gasteiger partial charge in [-0.2, -0.15) is 0 Å². The van der Waals surface area contributed by atoms with Gasteiger partial charge in [-0.15, -0.1) is 11.3 Å². The number of thiazole rings is 1. The number of fused-ring (bicyclic) bond motifs is 1. The Morgan fingerprint density at radius 2 is 1.81 bits per heavy atom. The van der Waals surface area contributed by atoms with E-state index < -0.39 is 0 Å². The van der Waals surface area contributed by atoms with Gasteiger partial charge in [-0.1, -0.05) is 50.2 Å². The molecule has 2 aromatic heterocycles. The van der Waals surface area contributed by atoms with Crippen LogP contribution in [0.1, 0.15) is 49.2 Å². The van der Waals surface area contributed by atoms with Crippen molar-refractivity contribution in [1.29, 1.82) is 0 Å². The van der Waals surface area contributed by atoms with Crippen LogP contribution in [0, 0.1) is 5.92 Å². The van der Waals surface area contributed by atoms with Gasteiger partial charge in [0.1, 0.15) is 10.8 Å². The lowest BCUT2D eigenvalue weighted by Gasteiger charge is -2.24. The van der Waals surface area contributed by atoms with Crippen molar-refractivity contribution in [3.05, 3.63) is 78.0 Å². The molecule has 36 heavy (non-hydrogen) atoms. The Balaban J connectivity index is 1.40. The van der Waals surface area contributed by atoms with Crippen molar-refractivity contribution in [1.82, 2.24) is 15.3 Å². The molecule has 0 unspecified atom stereocenters. The number of rotatable bonds is 10. The first-order valence-electron chi connectivity index (χ1n) is 12.1. The van der Waals surface area contributed by atoms with Crippen LogP contribution in [-0.4, -0.2) is 35.0 Å². The highest BCUT2D eigenvalue weighted by Crippen LogP contribution is 2.32. The molecule has 0 aliphatic heterocycles. The van der Waals surface area contributed by atoms with Crippen LogP contribution in [-0.2, 0) is 9.53 Å². The zero-order chi connectivity index (χ0) is 25.5. The highest BCUT2D eigenvalue weighted by Gasteiger charge is 2.17. The molecule has 2 N–H and O–H groups in total. The van der Waals surface area contributed by atoms with Gasteiger partial charge in [0.25, 0.3) is 5.91 Å². The van der Waals surface area contributed by atoms with E-state index in [1.807, 2.05) is 18.2 Å². The van der Waals surface area contributed by atoms with E-state index in [0.29, 0.717) is 23.9 Å². The third kappa shape index (κ3) is 6.26. The number of para-hydroxylation sites is 1. The van der Waals surface area contributed by atoms with Crippen LogP contribution in [0.5, 0.6) is 0 Å². The van der Waals surface area contributed by atoms with Gasteiger partial charge in [0.2, 0.25) is 0 Å². The van der Waals surface area contributed by atoms with Gasteiger partial charge in [-0.25, -0.2) is 9.97 Å². The Labute approximate surface area is 214 Å². The predicted octanol–water partition coefficient (Wildman–Crippen LogP) is 5.85. The van der Waals surface area contributed by atoms with E-state index in [9.17, 15) is 9.59 Å². The lowest BCUT2D eigenvalue weighted by atomic mass is 9.95. The number of carbonyl (C=O) groups is 2. The van der Waals surface area contributed by atoms with Crippen LogP contribution in [0.3, 0.4) is 0 Å². The summed E-state index contributed by atoms with van der Waals surface area (Å²) in [6.07, 6.45) is 1.68. The molecule has 0 saturated carbocycles. The normalized spacial score (nSPS) is 11.9. The Kier molecular flexibility index (Phi) is 8.28. The average Bonchev–Trinajstić information content (AvgIpc) is 3.32. The number of esters is 1. The highest BCUT2D eigenvalue weighted by molar-refractivity contribution is 7.21. The second kappa shape index (κ2) is 11.8. The zero-order valence-electron chi connectivity index (χ0n) is 20.7. The maximum atomic E-state index is 12.3. The summed E-state index contributed by atoms with van der Waals surface area (Å²) in [6.45, 7) is 6.62. The molecule has 7 nitrogen and oxygen atoms in total. The van der Waals surface area contributed by atoms with Crippen LogP contribution in [0.2, 0.25) is 0 Å². The second-order valence-corrected chi connectivity index (χ2v) is 9.75. The summed E-state index contributed by atoms with van der Waals surface area (Å²) in [5.41, 5.74) is 3.70. The lowest BCUT2D eigenvalue weighted by molar-refractivity contribution is -0.142. The van der Waals surface area contributed by atoms with E-state index >= 15 is 0 Å². The molecule has 2 heterocycles. The molecule has 0 saturated heterocycles. The minimum absolute atomic E-state index is 0.0474. The summed E-state index contributed by atoms with van der Waals surface area (Å²) in [4.78, 5) is 32.9. The first-order chi connectivity index (χ1) is 17.4. The van der Waals surface area contributed by atoms with Gasteiger partial charge >= 0.3 is 5.97 Å². The van der Waals surface area contributed by atoms with E-state index in [0.717, 1.165) is 21.7 Å². The van der Waals surface area contributed by atoms with Gasteiger partial charge in [-0.3, -0.25) is 9.59 Å². The fourth-order valence-electron chi connectivity index (χ4n) is 3.85. The molecule has 186 valence electrons. The SMILES string of the molecule is CCOC(=O)CCNC(=O)c1ccc(N[C@H](c2ccc(-c3nc4ccccc4s3)cc2)C(C)C)nc1. The number of ether oxygens (including phenoxy) is 1. The summed E-state index contributed by atoms with van der Waals surface area (Å²) in [6, 6.07) is 20.2. The van der Waals surface area contributed by atoms with Crippen molar-refractivity contribution in [2.24, 2.45) is 5.92 Å². The number of carbonyl (C=O) groups excluding carboxylic acids is 2. The van der Waals surface area contributed by atoms with Gasteiger partial charge in [0.15, 0.2) is 0 Å². The van der Waals surface area contributed by atoms with Crippen LogP contribution in [0.15, 0.2) is 66.9 Å². The van der Waals surface area contributed by atoms with Crippen LogP contribution < -0.4 is 10.6 Å². The first-order valence-corrected chi connectivity index (χ1v) is 12.9. The van der Waals surface area contributed by atoms with E-state index in [2.05, 4.69) is 59.8 Å². The molecular formula is C28H30N4O3S. The van der Waals surface area contributed by atoms with E-state index in [1.54, 1.807) is 30.4 Å². The standard InChI is InChI=1S/C28H30N4O3S/c1-4-35-25(33)15-16-29-27(34)21-13-14-24(30-17-21)32-26(18(2)3)19-9-11-20(12-10-19)28-31-22-7-5-6-8-23(22)36-28/h5-14,17-18,26H,4,15-16H2,1-3H3,(H,29,34)(H,30,32)/t26-/m0/s1. The molecule has 1 amide bonds. The summed E-state index contributed by atoms with van der Waals surface area (Å²) in [5.74, 6) is 0.394. The van der Waals surface area contributed by atoms with Gasteiger partial charge in [0.05, 0.1) is 34.8 Å². The molecule has 0 radical (unpaired) electrons. The van der Waals surface area contributed by atoms with Crippen LogP contribution in [0.25, 0.3) is 20.8 Å². The highest BCUT2D eigenvalue weighted by atomic mass is 32.1. The Morgan fingerprint density at radius 1 is 1.03 bits per heavy atom.